The van der Waals surface area contributed by atoms with Crippen molar-refractivity contribution >= 4 is 35.1 Å². The molecule has 0 bridgehead atoms. The summed E-state index contributed by atoms with van der Waals surface area (Å²) < 4.78 is 1.05. The molecule has 2 aromatic rings. The third kappa shape index (κ3) is 4.94. The third-order valence-electron chi connectivity index (χ3n) is 1.70. The molecular weight excluding hydrogens is 489 g/mol. The van der Waals surface area contributed by atoms with E-state index < -0.39 is 15.7 Å². The summed E-state index contributed by atoms with van der Waals surface area (Å²) in [6, 6.07) is 14.8. The first-order valence-electron chi connectivity index (χ1n) is 4.20. The van der Waals surface area contributed by atoms with Crippen LogP contribution >= 0.6 is 35.1 Å². The maximum atomic E-state index is 4.89. The van der Waals surface area contributed by atoms with Crippen molar-refractivity contribution in [3.8, 4) is 11.3 Å². The van der Waals surface area contributed by atoms with Gasteiger partial charge in [-0.3, -0.25) is 0 Å². The van der Waals surface area contributed by atoms with Gasteiger partial charge < -0.3 is 4.98 Å². The maximum absolute atomic E-state index is 4.89. The molecule has 0 N–H and O–H groups in total. The molecule has 1 nitrogen and oxygen atoms in total. The van der Waals surface area contributed by atoms with Crippen LogP contribution in [0.25, 0.3) is 11.3 Å². The monoisotopic (exact) mass is 495 g/mol. The van der Waals surface area contributed by atoms with Crippen molar-refractivity contribution in [1.82, 2.24) is 4.98 Å². The Balaban J connectivity index is 0.000000386. The summed E-state index contributed by atoms with van der Waals surface area (Å²) in [7, 11) is 9.78. The normalized spacial score (nSPS) is 9.44. The molecule has 0 atom stereocenters. The van der Waals surface area contributed by atoms with Crippen LogP contribution in [0, 0.1) is 6.07 Å². The Hall–Kier alpha value is 0.0794. The van der Waals surface area contributed by atoms with Gasteiger partial charge in [-0.05, 0) is 11.8 Å². The fraction of sp³-hybridized carbons (Fsp3) is 0. The zero-order valence-corrected chi connectivity index (χ0v) is 13.4. The summed E-state index contributed by atoms with van der Waals surface area (Å²) in [4.78, 5) is 4.24. The van der Waals surface area contributed by atoms with E-state index in [2.05, 4.69) is 27.0 Å². The summed E-state index contributed by atoms with van der Waals surface area (Å²) >= 11 is 2.86. The van der Waals surface area contributed by atoms with Crippen molar-refractivity contribution in [2.24, 2.45) is 0 Å². The van der Waals surface area contributed by atoms with Crippen LogP contribution in [0.4, 0.5) is 0 Å². The minimum absolute atomic E-state index is 0.556. The van der Waals surface area contributed by atoms with Crippen molar-refractivity contribution in [2.75, 3.05) is 0 Å². The average Bonchev–Trinajstić information content (AvgIpc) is 2.31. The number of hydrogen-bond donors (Lipinski definition) is 0. The number of rotatable bonds is 1. The molecule has 0 aliphatic carbocycles. The fourth-order valence-corrected chi connectivity index (χ4v) is 1.47. The predicted molar refractivity (Wildman–Crippen MR) is 67.9 cm³/mol. The Morgan fingerprint density at radius 2 is 2.00 bits per heavy atom. The van der Waals surface area contributed by atoms with E-state index in [-0.39, 0.29) is 0 Å². The van der Waals surface area contributed by atoms with Crippen LogP contribution in [0.3, 0.4) is 0 Å². The molecule has 0 fully saturated rings. The zero-order chi connectivity index (χ0) is 11.8. The van der Waals surface area contributed by atoms with Gasteiger partial charge in [0.1, 0.15) is 0 Å². The summed E-state index contributed by atoms with van der Waals surface area (Å²) in [5.41, 5.74) is 1.96. The van der Waals surface area contributed by atoms with Crippen LogP contribution < -0.4 is 0 Å². The molecule has 0 saturated heterocycles. The average molecular weight is 496 g/mol. The van der Waals surface area contributed by atoms with E-state index in [0.29, 0.717) is 0 Å². The number of pyridine rings is 1. The molecule has 1 aromatic carbocycles. The predicted octanol–water partition coefficient (Wildman–Crippen LogP) is 4.69. The van der Waals surface area contributed by atoms with Gasteiger partial charge in [0.25, 0.3) is 0 Å². The SMILES string of the molecule is Brc1cc[c-]c(-c2ccccn2)c1.[Cl][Ir+][Cl]. The summed E-state index contributed by atoms with van der Waals surface area (Å²) in [6.45, 7) is 0. The number of benzene rings is 1. The second-order valence-electron chi connectivity index (χ2n) is 2.68. The molecule has 1 heterocycles. The van der Waals surface area contributed by atoms with E-state index in [9.17, 15) is 0 Å². The quantitative estimate of drug-likeness (QED) is 0.523. The van der Waals surface area contributed by atoms with Gasteiger partial charge in [-0.25, -0.2) is 0 Å². The van der Waals surface area contributed by atoms with Crippen molar-refractivity contribution in [1.29, 1.82) is 0 Å². The van der Waals surface area contributed by atoms with Gasteiger partial charge in [0, 0.05) is 6.20 Å². The summed E-state index contributed by atoms with van der Waals surface area (Å²) in [5, 5.41) is 0. The van der Waals surface area contributed by atoms with E-state index in [4.69, 9.17) is 19.2 Å². The van der Waals surface area contributed by atoms with Crippen molar-refractivity contribution in [2.45, 2.75) is 0 Å². The molecule has 1 aromatic heterocycles. The van der Waals surface area contributed by atoms with E-state index in [1.54, 1.807) is 6.20 Å². The third-order valence-corrected chi connectivity index (χ3v) is 2.20. The molecule has 0 aliphatic heterocycles. The van der Waals surface area contributed by atoms with E-state index in [1.807, 2.05) is 36.4 Å². The molecule has 0 unspecified atom stereocenters. The van der Waals surface area contributed by atoms with Crippen molar-refractivity contribution in [3.63, 3.8) is 0 Å². The van der Waals surface area contributed by atoms with Crippen molar-refractivity contribution in [3.05, 3.63) is 53.1 Å². The Morgan fingerprint density at radius 1 is 1.25 bits per heavy atom. The van der Waals surface area contributed by atoms with Gasteiger partial charge in [0.05, 0.1) is 0 Å². The van der Waals surface area contributed by atoms with Crippen LogP contribution in [0.15, 0.2) is 47.1 Å². The van der Waals surface area contributed by atoms with Gasteiger partial charge in [0.15, 0.2) is 0 Å². The topological polar surface area (TPSA) is 12.9 Å². The zero-order valence-electron chi connectivity index (χ0n) is 7.96. The van der Waals surface area contributed by atoms with Crippen LogP contribution in [0.5, 0.6) is 0 Å². The number of aromatic nitrogens is 1. The van der Waals surface area contributed by atoms with Gasteiger partial charge in [-0.1, -0.05) is 32.5 Å². The van der Waals surface area contributed by atoms with Crippen LogP contribution in [0.2, 0.25) is 0 Å². The van der Waals surface area contributed by atoms with E-state index >= 15 is 0 Å². The Morgan fingerprint density at radius 3 is 2.56 bits per heavy atom. The van der Waals surface area contributed by atoms with Crippen LogP contribution in [0.1, 0.15) is 0 Å². The van der Waals surface area contributed by atoms with Crippen molar-refractivity contribution < 1.29 is 15.7 Å². The molecule has 5 heteroatoms. The van der Waals surface area contributed by atoms with Gasteiger partial charge >= 0.3 is 34.8 Å². The molecule has 16 heavy (non-hydrogen) atoms. The van der Waals surface area contributed by atoms with E-state index in [1.165, 1.54) is 0 Å². The van der Waals surface area contributed by atoms with Crippen LogP contribution in [-0.2, 0) is 15.7 Å². The molecule has 86 valence electrons. The standard InChI is InChI=1S/C11H7BrN.2ClH.Ir/c12-10-5-3-4-9(8-10)11-6-1-2-7-13-11;;;/h1-3,5-8H;2*1H;/q-1;;;+3/p-2. The first-order valence-corrected chi connectivity index (χ1v) is 10.9. The van der Waals surface area contributed by atoms with E-state index in [0.717, 1.165) is 15.7 Å². The molecule has 0 aliphatic rings. The number of hydrogen-bond acceptors (Lipinski definition) is 1. The Labute approximate surface area is 119 Å². The molecule has 0 spiro atoms. The molecule has 0 radical (unpaired) electrons. The number of halogens is 3. The fourth-order valence-electron chi connectivity index (χ4n) is 1.11. The molecular formula is C11H7BrCl2IrN. The van der Waals surface area contributed by atoms with Crippen LogP contribution in [-0.4, -0.2) is 4.98 Å². The van der Waals surface area contributed by atoms with Gasteiger partial charge in [0.2, 0.25) is 0 Å². The first kappa shape index (κ1) is 14.1. The Kier molecular flexibility index (Phi) is 7.26. The molecule has 0 amide bonds. The summed E-state index contributed by atoms with van der Waals surface area (Å²) in [5.74, 6) is 0. The van der Waals surface area contributed by atoms with Gasteiger partial charge in [-0.15, -0.1) is 29.8 Å². The summed E-state index contributed by atoms with van der Waals surface area (Å²) in [6.07, 6.45) is 1.78. The Bertz CT molecular complexity index is 425. The first-order chi connectivity index (χ1) is 7.77. The second kappa shape index (κ2) is 8.21. The molecule has 0 saturated carbocycles. The minimum atomic E-state index is -0.556. The van der Waals surface area contributed by atoms with Gasteiger partial charge in [-0.2, -0.15) is 0 Å². The second-order valence-corrected chi connectivity index (χ2v) is 7.06. The molecule has 2 rings (SSSR count). The number of nitrogens with zero attached hydrogens (tertiary/aromatic N) is 1.